The summed E-state index contributed by atoms with van der Waals surface area (Å²) in [6.07, 6.45) is 3.43. The molecule has 0 saturated carbocycles. The monoisotopic (exact) mass is 285 g/mol. The Hall–Kier alpha value is -2.70. The Morgan fingerprint density at radius 1 is 1.14 bits per heavy atom. The lowest BCUT2D eigenvalue weighted by molar-refractivity contribution is -0.383. The highest BCUT2D eigenvalue weighted by atomic mass is 16.6. The summed E-state index contributed by atoms with van der Waals surface area (Å²) >= 11 is 0. The molecule has 1 aliphatic rings. The maximum Gasteiger partial charge on any atom is 0.353 e. The summed E-state index contributed by atoms with van der Waals surface area (Å²) in [6.45, 7) is 1.59. The minimum absolute atomic E-state index is 0.0664. The van der Waals surface area contributed by atoms with Crippen molar-refractivity contribution in [2.24, 2.45) is 0 Å². The standard InChI is InChI=1S/C14H15N5O2/c20-19(21)12-13(17-11-6-2-1-3-7-11)15-10-16-14(12)18-8-4-5-9-18/h1-3,6-7,10H,4-5,8-9H2,(H,15,16,17). The number of para-hydroxylation sites is 1. The van der Waals surface area contributed by atoms with Crippen molar-refractivity contribution < 1.29 is 4.92 Å². The van der Waals surface area contributed by atoms with Gasteiger partial charge in [0.05, 0.1) is 4.92 Å². The van der Waals surface area contributed by atoms with Crippen LogP contribution in [0.3, 0.4) is 0 Å². The van der Waals surface area contributed by atoms with Crippen LogP contribution in [0.1, 0.15) is 12.8 Å². The van der Waals surface area contributed by atoms with Gasteiger partial charge in [0.25, 0.3) is 0 Å². The molecule has 7 heteroatoms. The van der Waals surface area contributed by atoms with Crippen molar-refractivity contribution >= 4 is 23.0 Å². The maximum absolute atomic E-state index is 11.4. The predicted molar refractivity (Wildman–Crippen MR) is 79.9 cm³/mol. The Morgan fingerprint density at radius 2 is 1.86 bits per heavy atom. The van der Waals surface area contributed by atoms with Crippen LogP contribution in [0.5, 0.6) is 0 Å². The molecule has 1 fully saturated rings. The topological polar surface area (TPSA) is 84.2 Å². The molecule has 0 bridgehead atoms. The molecule has 0 amide bonds. The van der Waals surface area contributed by atoms with Crippen LogP contribution in [0.25, 0.3) is 0 Å². The number of nitrogens with one attached hydrogen (secondary N) is 1. The van der Waals surface area contributed by atoms with E-state index in [1.165, 1.54) is 6.33 Å². The smallest absolute Gasteiger partial charge is 0.351 e. The van der Waals surface area contributed by atoms with E-state index < -0.39 is 4.92 Å². The summed E-state index contributed by atoms with van der Waals surface area (Å²) in [4.78, 5) is 21.1. The molecule has 0 radical (unpaired) electrons. The fourth-order valence-corrected chi connectivity index (χ4v) is 2.45. The second kappa shape index (κ2) is 5.74. The third-order valence-corrected chi connectivity index (χ3v) is 3.43. The summed E-state index contributed by atoms with van der Waals surface area (Å²) < 4.78 is 0. The highest BCUT2D eigenvalue weighted by molar-refractivity contribution is 5.74. The van der Waals surface area contributed by atoms with Crippen LogP contribution in [0.2, 0.25) is 0 Å². The van der Waals surface area contributed by atoms with Gasteiger partial charge in [-0.05, 0) is 25.0 Å². The van der Waals surface area contributed by atoms with Gasteiger partial charge in [0.2, 0.25) is 11.6 Å². The fraction of sp³-hybridized carbons (Fsp3) is 0.286. The van der Waals surface area contributed by atoms with E-state index in [0.717, 1.165) is 31.6 Å². The van der Waals surface area contributed by atoms with E-state index in [2.05, 4.69) is 15.3 Å². The molecule has 21 heavy (non-hydrogen) atoms. The van der Waals surface area contributed by atoms with Gasteiger partial charge in [-0.1, -0.05) is 18.2 Å². The van der Waals surface area contributed by atoms with Gasteiger partial charge in [-0.15, -0.1) is 0 Å². The molecule has 2 heterocycles. The molecule has 108 valence electrons. The quantitative estimate of drug-likeness (QED) is 0.687. The molecule has 1 aromatic carbocycles. The number of nitrogens with zero attached hydrogens (tertiary/aromatic N) is 4. The zero-order valence-corrected chi connectivity index (χ0v) is 11.4. The Bertz CT molecular complexity index is 641. The summed E-state index contributed by atoms with van der Waals surface area (Å²) in [5.41, 5.74) is 0.690. The number of hydrogen-bond donors (Lipinski definition) is 1. The molecule has 0 spiro atoms. The van der Waals surface area contributed by atoms with Crippen molar-refractivity contribution in [1.82, 2.24) is 9.97 Å². The number of anilines is 3. The van der Waals surface area contributed by atoms with Crippen LogP contribution in [0.4, 0.5) is 23.0 Å². The zero-order chi connectivity index (χ0) is 14.7. The molecule has 1 saturated heterocycles. The van der Waals surface area contributed by atoms with Gasteiger partial charge in [0.15, 0.2) is 0 Å². The van der Waals surface area contributed by atoms with Crippen molar-refractivity contribution in [2.75, 3.05) is 23.3 Å². The van der Waals surface area contributed by atoms with Gasteiger partial charge in [-0.2, -0.15) is 0 Å². The van der Waals surface area contributed by atoms with E-state index in [4.69, 9.17) is 0 Å². The number of aromatic nitrogens is 2. The molecule has 2 aromatic rings. The fourth-order valence-electron chi connectivity index (χ4n) is 2.45. The van der Waals surface area contributed by atoms with Gasteiger partial charge < -0.3 is 10.2 Å². The minimum atomic E-state index is -0.418. The lowest BCUT2D eigenvalue weighted by Gasteiger charge is -2.17. The Morgan fingerprint density at radius 3 is 2.52 bits per heavy atom. The molecule has 1 aromatic heterocycles. The van der Waals surface area contributed by atoms with E-state index in [1.54, 1.807) is 0 Å². The van der Waals surface area contributed by atoms with Crippen molar-refractivity contribution in [3.8, 4) is 0 Å². The second-order valence-corrected chi connectivity index (χ2v) is 4.84. The molecule has 0 aliphatic carbocycles. The second-order valence-electron chi connectivity index (χ2n) is 4.84. The Kier molecular flexibility index (Phi) is 3.63. The van der Waals surface area contributed by atoms with E-state index in [9.17, 15) is 10.1 Å². The predicted octanol–water partition coefficient (Wildman–Crippen LogP) is 2.73. The van der Waals surface area contributed by atoms with Crippen LogP contribution >= 0.6 is 0 Å². The third kappa shape index (κ3) is 2.76. The number of hydrogen-bond acceptors (Lipinski definition) is 6. The molecule has 3 rings (SSSR count). The highest BCUT2D eigenvalue weighted by Gasteiger charge is 2.28. The molecule has 1 N–H and O–H groups in total. The molecule has 0 unspecified atom stereocenters. The van der Waals surface area contributed by atoms with Crippen LogP contribution in [-0.2, 0) is 0 Å². The summed E-state index contributed by atoms with van der Waals surface area (Å²) in [6, 6.07) is 9.27. The maximum atomic E-state index is 11.4. The van der Waals surface area contributed by atoms with Crippen LogP contribution in [0.15, 0.2) is 36.7 Å². The van der Waals surface area contributed by atoms with Crippen molar-refractivity contribution in [1.29, 1.82) is 0 Å². The lowest BCUT2D eigenvalue weighted by Crippen LogP contribution is -2.21. The van der Waals surface area contributed by atoms with E-state index in [0.29, 0.717) is 5.82 Å². The first-order valence-corrected chi connectivity index (χ1v) is 6.82. The first kappa shape index (κ1) is 13.3. The van der Waals surface area contributed by atoms with Crippen molar-refractivity contribution in [3.05, 3.63) is 46.8 Å². The number of rotatable bonds is 4. The zero-order valence-electron chi connectivity index (χ0n) is 11.4. The molecular weight excluding hydrogens is 270 g/mol. The number of benzene rings is 1. The van der Waals surface area contributed by atoms with Gasteiger partial charge in [-0.25, -0.2) is 9.97 Å². The minimum Gasteiger partial charge on any atom is -0.351 e. The van der Waals surface area contributed by atoms with Crippen LogP contribution in [0, 0.1) is 10.1 Å². The van der Waals surface area contributed by atoms with Crippen LogP contribution in [-0.4, -0.2) is 28.0 Å². The average molecular weight is 285 g/mol. The lowest BCUT2D eigenvalue weighted by atomic mass is 10.3. The normalized spacial score (nSPS) is 14.2. The van der Waals surface area contributed by atoms with Crippen LogP contribution < -0.4 is 10.2 Å². The molecular formula is C14H15N5O2. The average Bonchev–Trinajstić information content (AvgIpc) is 3.02. The van der Waals surface area contributed by atoms with Crippen molar-refractivity contribution in [2.45, 2.75) is 12.8 Å². The number of nitro groups is 1. The van der Waals surface area contributed by atoms with Crippen molar-refractivity contribution in [3.63, 3.8) is 0 Å². The third-order valence-electron chi connectivity index (χ3n) is 3.43. The van der Waals surface area contributed by atoms with Gasteiger partial charge in [0.1, 0.15) is 6.33 Å². The first-order valence-electron chi connectivity index (χ1n) is 6.82. The van der Waals surface area contributed by atoms with Gasteiger partial charge in [0, 0.05) is 18.8 Å². The van der Waals surface area contributed by atoms with E-state index >= 15 is 0 Å². The largest absolute Gasteiger partial charge is 0.353 e. The van der Waals surface area contributed by atoms with Gasteiger partial charge in [-0.3, -0.25) is 10.1 Å². The summed E-state index contributed by atoms with van der Waals surface area (Å²) in [7, 11) is 0. The van der Waals surface area contributed by atoms with E-state index in [-0.39, 0.29) is 11.5 Å². The Labute approximate surface area is 121 Å². The summed E-state index contributed by atoms with van der Waals surface area (Å²) in [5, 5.41) is 14.4. The Balaban J connectivity index is 1.99. The molecule has 7 nitrogen and oxygen atoms in total. The molecule has 1 aliphatic heterocycles. The summed E-state index contributed by atoms with van der Waals surface area (Å²) in [5.74, 6) is 0.619. The molecule has 0 atom stereocenters. The SMILES string of the molecule is O=[N+]([O-])c1c(Nc2ccccc2)ncnc1N1CCCC1. The highest BCUT2D eigenvalue weighted by Crippen LogP contribution is 2.34. The first-order chi connectivity index (χ1) is 10.3. The van der Waals surface area contributed by atoms with Gasteiger partial charge >= 0.3 is 5.69 Å². The van der Waals surface area contributed by atoms with E-state index in [1.807, 2.05) is 35.2 Å².